The lowest BCUT2D eigenvalue weighted by atomic mass is 10.2. The number of H-pyrrole nitrogens is 1. The first-order chi connectivity index (χ1) is 10.1. The summed E-state index contributed by atoms with van der Waals surface area (Å²) >= 11 is 1.57. The van der Waals surface area contributed by atoms with Crippen molar-refractivity contribution in [3.8, 4) is 0 Å². The van der Waals surface area contributed by atoms with Crippen molar-refractivity contribution in [2.75, 3.05) is 0 Å². The van der Waals surface area contributed by atoms with Crippen molar-refractivity contribution in [2.45, 2.75) is 43.9 Å². The lowest BCUT2D eigenvalue weighted by Crippen LogP contribution is -2.26. The van der Waals surface area contributed by atoms with Gasteiger partial charge in [0.1, 0.15) is 0 Å². The van der Waals surface area contributed by atoms with E-state index in [1.54, 1.807) is 17.5 Å². The molecule has 0 amide bonds. The molecule has 21 heavy (non-hydrogen) atoms. The van der Waals surface area contributed by atoms with Crippen LogP contribution in [0.4, 0.5) is 0 Å². The van der Waals surface area contributed by atoms with Gasteiger partial charge in [0, 0.05) is 24.7 Å². The Kier molecular flexibility index (Phi) is 4.12. The minimum atomic E-state index is -3.57. The molecule has 2 heterocycles. The highest BCUT2D eigenvalue weighted by atomic mass is 32.2. The van der Waals surface area contributed by atoms with Crippen LogP contribution in [0.5, 0.6) is 0 Å². The van der Waals surface area contributed by atoms with Crippen LogP contribution in [0.1, 0.15) is 29.5 Å². The van der Waals surface area contributed by atoms with Gasteiger partial charge in [0.05, 0.1) is 6.20 Å². The van der Waals surface area contributed by atoms with E-state index in [-0.39, 0.29) is 5.03 Å². The Morgan fingerprint density at radius 3 is 2.81 bits per heavy atom. The van der Waals surface area contributed by atoms with Crippen LogP contribution in [0.2, 0.25) is 0 Å². The minimum Gasteiger partial charge on any atom is -0.310 e. The zero-order chi connectivity index (χ0) is 14.9. The largest absolute Gasteiger partial charge is 0.310 e. The molecule has 3 N–H and O–H groups in total. The van der Waals surface area contributed by atoms with Crippen molar-refractivity contribution in [3.63, 3.8) is 0 Å². The molecule has 0 aliphatic heterocycles. The van der Waals surface area contributed by atoms with E-state index in [1.807, 2.05) is 17.7 Å². The molecule has 0 spiro atoms. The maximum absolute atomic E-state index is 12.4. The van der Waals surface area contributed by atoms with Gasteiger partial charge in [-0.1, -0.05) is 0 Å². The molecule has 1 aliphatic carbocycles. The SMILES string of the molecule is Cc1cscc1CNS(=O)(=O)c1[nH]ncc1CNC1CC1. The molecule has 2 aromatic heterocycles. The molecular weight excluding hydrogens is 308 g/mol. The number of aromatic nitrogens is 2. The molecule has 2 aromatic rings. The second kappa shape index (κ2) is 5.88. The number of sulfonamides is 1. The average Bonchev–Trinajstić information content (AvgIpc) is 2.98. The van der Waals surface area contributed by atoms with E-state index in [4.69, 9.17) is 0 Å². The maximum Gasteiger partial charge on any atom is 0.258 e. The molecule has 0 aromatic carbocycles. The van der Waals surface area contributed by atoms with E-state index < -0.39 is 10.0 Å². The molecule has 6 nitrogen and oxygen atoms in total. The van der Waals surface area contributed by atoms with Gasteiger partial charge in [0.2, 0.25) is 0 Å². The van der Waals surface area contributed by atoms with Gasteiger partial charge >= 0.3 is 0 Å². The fourth-order valence-corrected chi connectivity index (χ4v) is 4.00. The van der Waals surface area contributed by atoms with Crippen molar-refractivity contribution < 1.29 is 8.42 Å². The topological polar surface area (TPSA) is 86.9 Å². The molecule has 3 rings (SSSR count). The van der Waals surface area contributed by atoms with Crippen molar-refractivity contribution in [1.82, 2.24) is 20.2 Å². The number of rotatable bonds is 7. The lowest BCUT2D eigenvalue weighted by Gasteiger charge is -2.07. The summed E-state index contributed by atoms with van der Waals surface area (Å²) in [6.45, 7) is 2.79. The van der Waals surface area contributed by atoms with Crippen LogP contribution >= 0.6 is 11.3 Å². The number of aromatic amines is 1. The second-order valence-corrected chi connectivity index (χ2v) is 7.73. The van der Waals surface area contributed by atoms with Crippen molar-refractivity contribution in [1.29, 1.82) is 0 Å². The highest BCUT2D eigenvalue weighted by Crippen LogP contribution is 2.21. The first kappa shape index (κ1) is 14.7. The normalized spacial score (nSPS) is 15.5. The van der Waals surface area contributed by atoms with Crippen LogP contribution in [0.3, 0.4) is 0 Å². The van der Waals surface area contributed by atoms with Crippen LogP contribution in [0.15, 0.2) is 22.0 Å². The third kappa shape index (κ3) is 3.52. The Morgan fingerprint density at radius 1 is 1.33 bits per heavy atom. The summed E-state index contributed by atoms with van der Waals surface area (Å²) in [5.74, 6) is 0. The quantitative estimate of drug-likeness (QED) is 0.720. The monoisotopic (exact) mass is 326 g/mol. The number of hydrogen-bond donors (Lipinski definition) is 3. The minimum absolute atomic E-state index is 0.156. The van der Waals surface area contributed by atoms with Gasteiger partial charge in [-0.25, -0.2) is 13.1 Å². The number of hydrogen-bond acceptors (Lipinski definition) is 5. The van der Waals surface area contributed by atoms with Gasteiger partial charge in [0.15, 0.2) is 5.03 Å². The predicted molar refractivity (Wildman–Crippen MR) is 81.5 cm³/mol. The first-order valence-corrected chi connectivity index (χ1v) is 9.26. The molecule has 0 unspecified atom stereocenters. The summed E-state index contributed by atoms with van der Waals surface area (Å²) in [4.78, 5) is 0. The smallest absolute Gasteiger partial charge is 0.258 e. The van der Waals surface area contributed by atoms with E-state index in [0.717, 1.165) is 24.0 Å². The van der Waals surface area contributed by atoms with E-state index in [0.29, 0.717) is 24.7 Å². The molecule has 1 aliphatic rings. The third-order valence-corrected chi connectivity index (χ3v) is 5.85. The van der Waals surface area contributed by atoms with Gasteiger partial charge in [-0.2, -0.15) is 16.4 Å². The Balaban J connectivity index is 1.69. The molecule has 1 saturated carbocycles. The zero-order valence-electron chi connectivity index (χ0n) is 11.7. The number of nitrogens with one attached hydrogen (secondary N) is 3. The summed E-state index contributed by atoms with van der Waals surface area (Å²) in [6.07, 6.45) is 3.89. The van der Waals surface area contributed by atoms with Gasteiger partial charge in [-0.05, 0) is 41.7 Å². The summed E-state index contributed by atoms with van der Waals surface area (Å²) in [6, 6.07) is 0.525. The lowest BCUT2D eigenvalue weighted by molar-refractivity contribution is 0.573. The van der Waals surface area contributed by atoms with Crippen LogP contribution in [-0.2, 0) is 23.1 Å². The maximum atomic E-state index is 12.4. The van der Waals surface area contributed by atoms with E-state index in [2.05, 4.69) is 20.2 Å². The van der Waals surface area contributed by atoms with Gasteiger partial charge in [0.25, 0.3) is 10.0 Å². The second-order valence-electron chi connectivity index (χ2n) is 5.28. The Labute approximate surface area is 128 Å². The number of nitrogens with zero attached hydrogens (tertiary/aromatic N) is 1. The highest BCUT2D eigenvalue weighted by Gasteiger charge is 2.24. The summed E-state index contributed by atoms with van der Waals surface area (Å²) < 4.78 is 27.4. The van der Waals surface area contributed by atoms with E-state index in [9.17, 15) is 8.42 Å². The summed E-state index contributed by atoms with van der Waals surface area (Å²) in [7, 11) is -3.57. The van der Waals surface area contributed by atoms with Gasteiger partial charge < -0.3 is 5.32 Å². The van der Waals surface area contributed by atoms with Crippen molar-refractivity contribution in [3.05, 3.63) is 33.6 Å². The predicted octanol–water partition coefficient (Wildman–Crippen LogP) is 1.51. The molecule has 1 fully saturated rings. The van der Waals surface area contributed by atoms with Gasteiger partial charge in [-0.3, -0.25) is 5.10 Å². The fourth-order valence-electron chi connectivity index (χ4n) is 2.01. The summed E-state index contributed by atoms with van der Waals surface area (Å²) in [5, 5.41) is 13.9. The Bertz CT molecular complexity index is 716. The standard InChI is InChI=1S/C13H18N4O2S2/c1-9-7-20-8-11(9)6-16-21(18,19)13-10(5-15-17-13)4-14-12-2-3-12/h5,7-8,12,14,16H,2-4,6H2,1H3,(H,15,17). The zero-order valence-corrected chi connectivity index (χ0v) is 13.4. The molecule has 114 valence electrons. The number of aryl methyl sites for hydroxylation is 1. The molecule has 0 bridgehead atoms. The van der Waals surface area contributed by atoms with E-state index in [1.165, 1.54) is 0 Å². The molecule has 0 saturated heterocycles. The Morgan fingerprint density at radius 2 is 2.14 bits per heavy atom. The first-order valence-electron chi connectivity index (χ1n) is 6.83. The van der Waals surface area contributed by atoms with Crippen LogP contribution in [0, 0.1) is 6.92 Å². The van der Waals surface area contributed by atoms with Crippen LogP contribution in [0.25, 0.3) is 0 Å². The number of thiophene rings is 1. The van der Waals surface area contributed by atoms with Crippen LogP contribution in [-0.4, -0.2) is 24.7 Å². The van der Waals surface area contributed by atoms with Crippen LogP contribution < -0.4 is 10.0 Å². The molecule has 8 heteroatoms. The average molecular weight is 326 g/mol. The molecular formula is C13H18N4O2S2. The Hall–Kier alpha value is -1.22. The van der Waals surface area contributed by atoms with Crippen molar-refractivity contribution >= 4 is 21.4 Å². The van der Waals surface area contributed by atoms with Gasteiger partial charge in [-0.15, -0.1) is 0 Å². The fraction of sp³-hybridized carbons (Fsp3) is 0.462. The molecule has 0 radical (unpaired) electrons. The van der Waals surface area contributed by atoms with Crippen molar-refractivity contribution in [2.24, 2.45) is 0 Å². The van der Waals surface area contributed by atoms with E-state index >= 15 is 0 Å². The highest BCUT2D eigenvalue weighted by molar-refractivity contribution is 7.89. The summed E-state index contributed by atoms with van der Waals surface area (Å²) in [5.41, 5.74) is 2.78. The molecule has 0 atom stereocenters. The third-order valence-electron chi connectivity index (χ3n) is 3.52.